The molecular formula is C14H25ClN2O2. The highest BCUT2D eigenvalue weighted by molar-refractivity contribution is 5.85. The van der Waals surface area contributed by atoms with Crippen LogP contribution in [-0.4, -0.2) is 42.6 Å². The fraction of sp³-hybridized carbons (Fsp3) is 0.929. The first kappa shape index (κ1) is 15.1. The van der Waals surface area contributed by atoms with Crippen molar-refractivity contribution in [3.63, 3.8) is 0 Å². The van der Waals surface area contributed by atoms with E-state index in [1.165, 1.54) is 19.3 Å². The zero-order valence-corrected chi connectivity index (χ0v) is 12.4. The Morgan fingerprint density at radius 3 is 2.74 bits per heavy atom. The average Bonchev–Trinajstić information content (AvgIpc) is 2.99. The number of nitrogens with zero attached hydrogens (tertiary/aromatic N) is 1. The molecule has 0 aromatic carbocycles. The molecule has 3 fully saturated rings. The molecule has 0 aromatic heterocycles. The normalized spacial score (nSPS) is 41.2. The standard InChI is InChI=1S/C14H24N2O2.ClH/c1-2-11-8-16(5-6-18-11)14(17)12-9-3-4-10(7-9)13(12)15;/h9-13H,2-8,15H2,1H3;1H. The first-order valence-corrected chi connectivity index (χ1v) is 7.36. The quantitative estimate of drug-likeness (QED) is 0.836. The van der Waals surface area contributed by atoms with Crippen molar-refractivity contribution in [2.45, 2.75) is 44.8 Å². The van der Waals surface area contributed by atoms with Gasteiger partial charge in [0.25, 0.3) is 0 Å². The predicted octanol–water partition coefficient (Wildman–Crippen LogP) is 1.42. The molecule has 0 spiro atoms. The summed E-state index contributed by atoms with van der Waals surface area (Å²) in [4.78, 5) is 14.7. The molecule has 1 saturated heterocycles. The molecule has 3 aliphatic rings. The molecule has 2 saturated carbocycles. The number of ether oxygens (including phenoxy) is 1. The Labute approximate surface area is 121 Å². The Morgan fingerprint density at radius 1 is 1.37 bits per heavy atom. The number of nitrogens with two attached hydrogens (primary N) is 1. The fourth-order valence-electron chi connectivity index (χ4n) is 4.08. The molecule has 4 nitrogen and oxygen atoms in total. The molecule has 5 heteroatoms. The van der Waals surface area contributed by atoms with Crippen molar-refractivity contribution in [2.75, 3.05) is 19.7 Å². The van der Waals surface area contributed by atoms with E-state index in [-0.39, 0.29) is 30.5 Å². The molecule has 3 rings (SSSR count). The van der Waals surface area contributed by atoms with Crippen LogP contribution in [0.4, 0.5) is 0 Å². The van der Waals surface area contributed by atoms with Gasteiger partial charge < -0.3 is 15.4 Å². The number of carbonyl (C=O) groups is 1. The SMILES string of the molecule is CCC1CN(C(=O)C2C3CCC(C3)C2N)CCO1.Cl. The Bertz CT molecular complexity index is 337. The largest absolute Gasteiger partial charge is 0.375 e. The summed E-state index contributed by atoms with van der Waals surface area (Å²) in [6.07, 6.45) is 4.82. The number of fused-ring (bicyclic) bond motifs is 2. The molecular weight excluding hydrogens is 264 g/mol. The maximum absolute atomic E-state index is 12.7. The van der Waals surface area contributed by atoms with Crippen LogP contribution < -0.4 is 5.73 Å². The number of hydrogen-bond acceptors (Lipinski definition) is 3. The summed E-state index contributed by atoms with van der Waals surface area (Å²) in [5, 5.41) is 0. The zero-order valence-electron chi connectivity index (χ0n) is 11.6. The van der Waals surface area contributed by atoms with Gasteiger partial charge in [0.2, 0.25) is 5.91 Å². The van der Waals surface area contributed by atoms with E-state index in [9.17, 15) is 4.79 Å². The second-order valence-electron chi connectivity index (χ2n) is 6.12. The van der Waals surface area contributed by atoms with Gasteiger partial charge in [-0.1, -0.05) is 6.92 Å². The van der Waals surface area contributed by atoms with Gasteiger partial charge in [0.1, 0.15) is 0 Å². The van der Waals surface area contributed by atoms with Crippen molar-refractivity contribution in [1.29, 1.82) is 0 Å². The second-order valence-corrected chi connectivity index (χ2v) is 6.12. The van der Waals surface area contributed by atoms with Gasteiger partial charge in [-0.05, 0) is 37.5 Å². The average molecular weight is 289 g/mol. The van der Waals surface area contributed by atoms with E-state index in [1.807, 2.05) is 4.90 Å². The highest BCUT2D eigenvalue weighted by Gasteiger charge is 2.50. The Hall–Kier alpha value is -0.320. The lowest BCUT2D eigenvalue weighted by Crippen LogP contribution is -2.52. The molecule has 1 amide bonds. The van der Waals surface area contributed by atoms with Gasteiger partial charge in [0.05, 0.1) is 18.6 Å². The lowest BCUT2D eigenvalue weighted by atomic mass is 9.84. The molecule has 5 atom stereocenters. The lowest BCUT2D eigenvalue weighted by Gasteiger charge is -2.37. The molecule has 19 heavy (non-hydrogen) atoms. The van der Waals surface area contributed by atoms with Crippen LogP contribution in [0.15, 0.2) is 0 Å². The van der Waals surface area contributed by atoms with E-state index in [0.29, 0.717) is 24.3 Å². The number of hydrogen-bond donors (Lipinski definition) is 1. The van der Waals surface area contributed by atoms with Crippen LogP contribution in [0.2, 0.25) is 0 Å². The van der Waals surface area contributed by atoms with Crippen LogP contribution in [0, 0.1) is 17.8 Å². The molecule has 5 unspecified atom stereocenters. The Balaban J connectivity index is 0.00000133. The molecule has 0 aromatic rings. The monoisotopic (exact) mass is 288 g/mol. The molecule has 2 N–H and O–H groups in total. The number of carbonyl (C=O) groups excluding carboxylic acids is 1. The van der Waals surface area contributed by atoms with Crippen molar-refractivity contribution in [3.05, 3.63) is 0 Å². The number of morpholine rings is 1. The molecule has 1 heterocycles. The van der Waals surface area contributed by atoms with Crippen LogP contribution in [-0.2, 0) is 9.53 Å². The molecule has 110 valence electrons. The second kappa shape index (κ2) is 5.98. The summed E-state index contributed by atoms with van der Waals surface area (Å²) in [5.74, 6) is 1.56. The van der Waals surface area contributed by atoms with Crippen LogP contribution in [0.5, 0.6) is 0 Å². The van der Waals surface area contributed by atoms with E-state index in [0.717, 1.165) is 19.5 Å². The minimum Gasteiger partial charge on any atom is -0.375 e. The van der Waals surface area contributed by atoms with Crippen molar-refractivity contribution in [2.24, 2.45) is 23.5 Å². The topological polar surface area (TPSA) is 55.6 Å². The van der Waals surface area contributed by atoms with Gasteiger partial charge in [0.15, 0.2) is 0 Å². The zero-order chi connectivity index (χ0) is 12.7. The maximum atomic E-state index is 12.7. The van der Waals surface area contributed by atoms with Crippen molar-refractivity contribution in [1.82, 2.24) is 4.90 Å². The third kappa shape index (κ3) is 2.63. The van der Waals surface area contributed by atoms with Gasteiger partial charge in [-0.3, -0.25) is 4.79 Å². The van der Waals surface area contributed by atoms with Crippen LogP contribution in [0.3, 0.4) is 0 Å². The Morgan fingerprint density at radius 2 is 2.11 bits per heavy atom. The van der Waals surface area contributed by atoms with Crippen LogP contribution in [0.25, 0.3) is 0 Å². The predicted molar refractivity (Wildman–Crippen MR) is 76.2 cm³/mol. The van der Waals surface area contributed by atoms with E-state index in [4.69, 9.17) is 10.5 Å². The van der Waals surface area contributed by atoms with Gasteiger partial charge in [-0.2, -0.15) is 0 Å². The smallest absolute Gasteiger partial charge is 0.227 e. The van der Waals surface area contributed by atoms with Gasteiger partial charge in [-0.15, -0.1) is 12.4 Å². The highest BCUT2D eigenvalue weighted by Crippen LogP contribution is 2.48. The Kier molecular flexibility index (Phi) is 4.75. The first-order chi connectivity index (χ1) is 8.70. The van der Waals surface area contributed by atoms with Crippen molar-refractivity contribution in [3.8, 4) is 0 Å². The van der Waals surface area contributed by atoms with Crippen molar-refractivity contribution >= 4 is 18.3 Å². The van der Waals surface area contributed by atoms with E-state index in [1.54, 1.807) is 0 Å². The third-order valence-electron chi connectivity index (χ3n) is 5.17. The van der Waals surface area contributed by atoms with E-state index >= 15 is 0 Å². The van der Waals surface area contributed by atoms with Gasteiger partial charge in [0, 0.05) is 19.1 Å². The summed E-state index contributed by atoms with van der Waals surface area (Å²) in [6, 6.07) is 0.110. The summed E-state index contributed by atoms with van der Waals surface area (Å²) >= 11 is 0. The summed E-state index contributed by atoms with van der Waals surface area (Å²) in [5.41, 5.74) is 6.26. The highest BCUT2D eigenvalue weighted by atomic mass is 35.5. The van der Waals surface area contributed by atoms with Crippen molar-refractivity contribution < 1.29 is 9.53 Å². The third-order valence-corrected chi connectivity index (χ3v) is 5.17. The van der Waals surface area contributed by atoms with Crippen LogP contribution >= 0.6 is 12.4 Å². The van der Waals surface area contributed by atoms with Gasteiger partial charge in [-0.25, -0.2) is 0 Å². The van der Waals surface area contributed by atoms with Crippen LogP contribution in [0.1, 0.15) is 32.6 Å². The maximum Gasteiger partial charge on any atom is 0.227 e. The number of rotatable bonds is 2. The summed E-state index contributed by atoms with van der Waals surface area (Å²) in [7, 11) is 0. The minimum absolute atomic E-state index is 0. The molecule has 0 radical (unpaired) electrons. The number of halogens is 1. The van der Waals surface area contributed by atoms with E-state index < -0.39 is 0 Å². The first-order valence-electron chi connectivity index (χ1n) is 7.36. The fourth-order valence-corrected chi connectivity index (χ4v) is 4.08. The van der Waals surface area contributed by atoms with Gasteiger partial charge >= 0.3 is 0 Å². The summed E-state index contributed by atoms with van der Waals surface area (Å²) < 4.78 is 5.63. The molecule has 1 aliphatic heterocycles. The van der Waals surface area contributed by atoms with E-state index in [2.05, 4.69) is 6.92 Å². The molecule has 2 bridgehead atoms. The minimum atomic E-state index is 0. The lowest BCUT2D eigenvalue weighted by molar-refractivity contribution is -0.145. The summed E-state index contributed by atoms with van der Waals surface area (Å²) in [6.45, 7) is 4.30. The molecule has 2 aliphatic carbocycles. The number of amides is 1.